The number of fused-ring (bicyclic) bond motifs is 3. The first-order valence-corrected chi connectivity index (χ1v) is 8.99. The number of benzene rings is 1. The Morgan fingerprint density at radius 2 is 1.91 bits per heavy atom. The van der Waals surface area contributed by atoms with Crippen LogP contribution in [0.4, 0.5) is 10.1 Å². The molecule has 0 spiro atoms. The number of amides is 1. The first-order valence-electron chi connectivity index (χ1n) is 8.99. The summed E-state index contributed by atoms with van der Waals surface area (Å²) in [5.74, 6) is 1.14. The van der Waals surface area contributed by atoms with Crippen LogP contribution >= 0.6 is 0 Å². The van der Waals surface area contributed by atoms with Gasteiger partial charge < -0.3 is 10.6 Å². The molecule has 4 heteroatoms. The minimum atomic E-state index is -0.212. The molecule has 4 rings (SSSR count). The zero-order valence-electron chi connectivity index (χ0n) is 13.5. The van der Waals surface area contributed by atoms with Crippen molar-refractivity contribution in [1.29, 1.82) is 0 Å². The van der Waals surface area contributed by atoms with Gasteiger partial charge in [-0.2, -0.15) is 0 Å². The topological polar surface area (TPSA) is 46.3 Å². The van der Waals surface area contributed by atoms with Crippen LogP contribution in [0.15, 0.2) is 18.2 Å². The summed E-state index contributed by atoms with van der Waals surface area (Å²) in [5.41, 5.74) is 8.24. The van der Waals surface area contributed by atoms with Crippen molar-refractivity contribution in [3.05, 3.63) is 29.6 Å². The van der Waals surface area contributed by atoms with Crippen molar-refractivity contribution in [2.24, 2.45) is 23.5 Å². The lowest BCUT2D eigenvalue weighted by Crippen LogP contribution is -2.50. The number of hydrogen-bond donors (Lipinski definition) is 1. The summed E-state index contributed by atoms with van der Waals surface area (Å²) in [4.78, 5) is 15.0. The molecular weight excluding hydrogens is 291 g/mol. The minimum absolute atomic E-state index is 0.0982. The highest BCUT2D eigenvalue weighted by Gasteiger charge is 2.42. The maximum atomic E-state index is 13.5. The fourth-order valence-corrected chi connectivity index (χ4v) is 5.01. The molecule has 1 amide bonds. The van der Waals surface area contributed by atoms with Gasteiger partial charge in [-0.3, -0.25) is 4.79 Å². The third kappa shape index (κ3) is 2.67. The van der Waals surface area contributed by atoms with Crippen molar-refractivity contribution in [2.45, 2.75) is 51.0 Å². The SMILES string of the molecule is NC1C2CCCC1CC(C(=O)N1CCCc3cc(F)ccc31)C2. The largest absolute Gasteiger partial charge is 0.327 e. The van der Waals surface area contributed by atoms with E-state index in [0.29, 0.717) is 11.8 Å². The highest BCUT2D eigenvalue weighted by Crippen LogP contribution is 2.43. The van der Waals surface area contributed by atoms with Crippen molar-refractivity contribution in [1.82, 2.24) is 0 Å². The van der Waals surface area contributed by atoms with Crippen molar-refractivity contribution in [3.63, 3.8) is 0 Å². The standard InChI is InChI=1S/C19H25FN2O/c20-16-6-7-17-12(11-16)5-2-8-22(17)19(23)15-9-13-3-1-4-14(10-15)18(13)21/h6-7,11,13-15,18H,1-5,8-10,21H2. The maximum absolute atomic E-state index is 13.5. The van der Waals surface area contributed by atoms with Crippen LogP contribution in [0.5, 0.6) is 0 Å². The molecule has 1 aromatic carbocycles. The summed E-state index contributed by atoms with van der Waals surface area (Å²) in [5, 5.41) is 0. The number of nitrogens with two attached hydrogens (primary N) is 1. The van der Waals surface area contributed by atoms with Gasteiger partial charge in [0.1, 0.15) is 5.82 Å². The monoisotopic (exact) mass is 316 g/mol. The second kappa shape index (κ2) is 5.90. The first-order chi connectivity index (χ1) is 11.1. The van der Waals surface area contributed by atoms with Crippen LogP contribution in [0.25, 0.3) is 0 Å². The van der Waals surface area contributed by atoms with E-state index < -0.39 is 0 Å². The van der Waals surface area contributed by atoms with Gasteiger partial charge in [0.05, 0.1) is 0 Å². The van der Waals surface area contributed by atoms with E-state index in [4.69, 9.17) is 5.73 Å². The number of rotatable bonds is 1. The Labute approximate surface area is 137 Å². The van der Waals surface area contributed by atoms with E-state index in [1.807, 2.05) is 4.90 Å². The molecule has 1 aromatic rings. The van der Waals surface area contributed by atoms with Crippen LogP contribution in [0.1, 0.15) is 44.1 Å². The van der Waals surface area contributed by atoms with E-state index in [0.717, 1.165) is 43.5 Å². The molecule has 1 heterocycles. The van der Waals surface area contributed by atoms with Crippen LogP contribution in [-0.2, 0) is 11.2 Å². The molecule has 23 heavy (non-hydrogen) atoms. The second-order valence-corrected chi connectivity index (χ2v) is 7.56. The van der Waals surface area contributed by atoms with Gasteiger partial charge in [0.2, 0.25) is 5.91 Å². The Hall–Kier alpha value is -1.42. The van der Waals surface area contributed by atoms with E-state index in [-0.39, 0.29) is 23.7 Å². The molecule has 3 aliphatic rings. The maximum Gasteiger partial charge on any atom is 0.230 e. The van der Waals surface area contributed by atoms with Gasteiger partial charge in [-0.15, -0.1) is 0 Å². The smallest absolute Gasteiger partial charge is 0.230 e. The molecule has 1 aliphatic heterocycles. The molecular formula is C19H25FN2O. The Morgan fingerprint density at radius 3 is 2.65 bits per heavy atom. The molecule has 2 N–H and O–H groups in total. The molecule has 0 aromatic heterocycles. The molecule has 2 unspecified atom stereocenters. The summed E-state index contributed by atoms with van der Waals surface area (Å²) in [6, 6.07) is 5.11. The van der Waals surface area contributed by atoms with Gasteiger partial charge in [0.25, 0.3) is 0 Å². The molecule has 2 bridgehead atoms. The Kier molecular flexibility index (Phi) is 3.88. The molecule has 0 saturated heterocycles. The summed E-state index contributed by atoms with van der Waals surface area (Å²) in [6.07, 6.45) is 7.24. The molecule has 0 radical (unpaired) electrons. The van der Waals surface area contributed by atoms with E-state index in [1.54, 1.807) is 12.1 Å². The molecule has 2 aliphatic carbocycles. The number of carbonyl (C=O) groups excluding carboxylic acids is 1. The van der Waals surface area contributed by atoms with E-state index in [2.05, 4.69) is 0 Å². The molecule has 3 nitrogen and oxygen atoms in total. The number of hydrogen-bond acceptors (Lipinski definition) is 2. The van der Waals surface area contributed by atoms with Crippen LogP contribution in [0.3, 0.4) is 0 Å². The van der Waals surface area contributed by atoms with Gasteiger partial charge in [-0.25, -0.2) is 4.39 Å². The quantitative estimate of drug-likeness (QED) is 0.864. The Balaban J connectivity index is 1.56. The molecule has 124 valence electrons. The third-order valence-electron chi connectivity index (χ3n) is 6.19. The molecule has 2 atom stereocenters. The summed E-state index contributed by atoms with van der Waals surface area (Å²) < 4.78 is 13.5. The third-order valence-corrected chi connectivity index (χ3v) is 6.19. The van der Waals surface area contributed by atoms with Crippen LogP contribution in [0.2, 0.25) is 0 Å². The van der Waals surface area contributed by atoms with Gasteiger partial charge in [0.15, 0.2) is 0 Å². The number of carbonyl (C=O) groups is 1. The summed E-state index contributed by atoms with van der Waals surface area (Å²) in [7, 11) is 0. The fourth-order valence-electron chi connectivity index (χ4n) is 5.01. The number of anilines is 1. The highest BCUT2D eigenvalue weighted by atomic mass is 19.1. The average molecular weight is 316 g/mol. The van der Waals surface area contributed by atoms with Crippen LogP contribution < -0.4 is 10.6 Å². The number of nitrogens with zero attached hydrogens (tertiary/aromatic N) is 1. The van der Waals surface area contributed by atoms with Crippen LogP contribution in [-0.4, -0.2) is 18.5 Å². The van der Waals surface area contributed by atoms with Gasteiger partial charge >= 0.3 is 0 Å². The van der Waals surface area contributed by atoms with Crippen LogP contribution in [0, 0.1) is 23.6 Å². The predicted molar refractivity (Wildman–Crippen MR) is 88.6 cm³/mol. The van der Waals surface area contributed by atoms with Gasteiger partial charge in [-0.05, 0) is 74.1 Å². The van der Waals surface area contributed by atoms with Crippen molar-refractivity contribution in [3.8, 4) is 0 Å². The van der Waals surface area contributed by atoms with E-state index in [1.165, 1.54) is 25.3 Å². The predicted octanol–water partition coefficient (Wildman–Crippen LogP) is 3.26. The first kappa shape index (κ1) is 15.1. The van der Waals surface area contributed by atoms with Crippen molar-refractivity contribution >= 4 is 11.6 Å². The Bertz CT molecular complexity index is 603. The molecule has 2 saturated carbocycles. The van der Waals surface area contributed by atoms with Gasteiger partial charge in [0, 0.05) is 24.2 Å². The van der Waals surface area contributed by atoms with E-state index >= 15 is 0 Å². The highest BCUT2D eigenvalue weighted by molar-refractivity contribution is 5.96. The zero-order chi connectivity index (χ0) is 16.0. The fraction of sp³-hybridized carbons (Fsp3) is 0.632. The molecule has 2 fully saturated rings. The van der Waals surface area contributed by atoms with Crippen molar-refractivity contribution in [2.75, 3.05) is 11.4 Å². The van der Waals surface area contributed by atoms with Crippen molar-refractivity contribution < 1.29 is 9.18 Å². The number of aryl methyl sites for hydroxylation is 1. The lowest BCUT2D eigenvalue weighted by Gasteiger charge is -2.45. The lowest BCUT2D eigenvalue weighted by molar-refractivity contribution is -0.125. The van der Waals surface area contributed by atoms with E-state index in [9.17, 15) is 9.18 Å². The average Bonchev–Trinajstić information content (AvgIpc) is 2.53. The lowest BCUT2D eigenvalue weighted by atomic mass is 9.65. The second-order valence-electron chi connectivity index (χ2n) is 7.56. The zero-order valence-corrected chi connectivity index (χ0v) is 13.5. The summed E-state index contributed by atoms with van der Waals surface area (Å²) >= 11 is 0. The van der Waals surface area contributed by atoms with Gasteiger partial charge in [-0.1, -0.05) is 6.42 Å². The number of halogens is 1. The minimum Gasteiger partial charge on any atom is -0.327 e. The Morgan fingerprint density at radius 1 is 1.17 bits per heavy atom. The summed E-state index contributed by atoms with van der Waals surface area (Å²) in [6.45, 7) is 0.759. The normalized spacial score (nSPS) is 33.2.